The van der Waals surface area contributed by atoms with Crippen molar-refractivity contribution < 1.29 is 51.2 Å². The molecule has 0 aliphatic carbocycles. The highest BCUT2D eigenvalue weighted by Crippen LogP contribution is 2.66. The number of H-pyrrole nitrogens is 1. The van der Waals surface area contributed by atoms with Crippen LogP contribution < -0.4 is 11.3 Å². The summed E-state index contributed by atoms with van der Waals surface area (Å²) in [6.45, 7) is -0.679. The third kappa shape index (κ3) is 5.90. The lowest BCUT2D eigenvalue weighted by atomic mass is 10.0. The second kappa shape index (κ2) is 8.79. The Balaban J connectivity index is 1.71. The fourth-order valence-corrected chi connectivity index (χ4v) is 5.92. The average Bonchev–Trinajstić information content (AvgIpc) is 3.20. The molecule has 0 spiro atoms. The van der Waals surface area contributed by atoms with E-state index < -0.39 is 53.9 Å². The molecule has 2 aromatic rings. The molecule has 1 fully saturated rings. The number of aromatic nitrogens is 4. The first-order valence-electron chi connectivity index (χ1n) is 8.32. The van der Waals surface area contributed by atoms with Crippen molar-refractivity contribution in [1.82, 2.24) is 19.5 Å². The summed E-state index contributed by atoms with van der Waals surface area (Å²) >= 11 is 0. The summed E-state index contributed by atoms with van der Waals surface area (Å²) in [6, 6.07) is 0. The van der Waals surface area contributed by atoms with E-state index in [9.17, 15) is 23.4 Å². The van der Waals surface area contributed by atoms with E-state index in [0.29, 0.717) is 0 Å². The van der Waals surface area contributed by atoms with Gasteiger partial charge in [-0.1, -0.05) is 5.92 Å². The summed E-state index contributed by atoms with van der Waals surface area (Å²) in [5.74, 6) is 1.65. The van der Waals surface area contributed by atoms with E-state index in [2.05, 4.69) is 34.0 Å². The summed E-state index contributed by atoms with van der Waals surface area (Å²) in [4.78, 5) is 57.9. The van der Waals surface area contributed by atoms with Crippen LogP contribution in [-0.4, -0.2) is 51.8 Å². The number of ether oxygens (including phenoxy) is 1. The van der Waals surface area contributed by atoms with E-state index in [4.69, 9.17) is 31.6 Å². The molecule has 32 heavy (non-hydrogen) atoms. The van der Waals surface area contributed by atoms with Crippen molar-refractivity contribution in [2.24, 2.45) is 5.92 Å². The Morgan fingerprint density at radius 1 is 1.28 bits per heavy atom. The van der Waals surface area contributed by atoms with Gasteiger partial charge < -0.3 is 30.0 Å². The lowest BCUT2D eigenvalue weighted by Gasteiger charge is -2.19. The zero-order valence-corrected chi connectivity index (χ0v) is 18.3. The van der Waals surface area contributed by atoms with Gasteiger partial charge in [-0.25, -0.2) is 18.7 Å². The van der Waals surface area contributed by atoms with Gasteiger partial charge in [0, 0.05) is 0 Å². The maximum Gasteiger partial charge on any atom is 0.490 e. The lowest BCUT2D eigenvalue weighted by Crippen LogP contribution is -2.18. The first kappa shape index (κ1) is 24.7. The predicted octanol–water partition coefficient (Wildman–Crippen LogP) is -0.418. The summed E-state index contributed by atoms with van der Waals surface area (Å²) < 4.78 is 52.7. The van der Waals surface area contributed by atoms with E-state index in [-0.39, 0.29) is 23.5 Å². The van der Waals surface area contributed by atoms with Gasteiger partial charge in [0.25, 0.3) is 5.56 Å². The number of hydrogen-bond acceptors (Lipinski definition) is 11. The van der Waals surface area contributed by atoms with E-state index in [1.807, 2.05) is 0 Å². The Morgan fingerprint density at radius 3 is 2.59 bits per heavy atom. The number of phosphoric acid groups is 3. The highest BCUT2D eigenvalue weighted by molar-refractivity contribution is 7.66. The molecule has 176 valence electrons. The molecule has 1 aliphatic heterocycles. The number of nitrogens with zero attached hydrogens (tertiary/aromatic N) is 3. The third-order valence-corrected chi connectivity index (χ3v) is 7.77. The molecule has 1 aliphatic rings. The van der Waals surface area contributed by atoms with Gasteiger partial charge in [-0.3, -0.25) is 18.9 Å². The molecular weight excluding hydrogens is 499 g/mol. The molecule has 3 heterocycles. The van der Waals surface area contributed by atoms with Gasteiger partial charge in [-0.15, -0.1) is 6.42 Å². The van der Waals surface area contributed by atoms with Crippen molar-refractivity contribution in [3.05, 3.63) is 16.7 Å². The first-order valence-corrected chi connectivity index (χ1v) is 12.8. The van der Waals surface area contributed by atoms with Gasteiger partial charge in [0.1, 0.15) is 0 Å². The van der Waals surface area contributed by atoms with E-state index >= 15 is 0 Å². The Morgan fingerprint density at radius 2 is 1.97 bits per heavy atom. The molecule has 0 saturated carbocycles. The molecule has 0 bridgehead atoms. The largest absolute Gasteiger partial charge is 0.490 e. The Bertz CT molecular complexity index is 1260. The Kier molecular flexibility index (Phi) is 6.79. The number of phosphoric ester groups is 1. The average molecular weight is 515 g/mol. The molecule has 20 heteroatoms. The van der Waals surface area contributed by atoms with Crippen LogP contribution in [0.5, 0.6) is 0 Å². The zero-order valence-electron chi connectivity index (χ0n) is 15.6. The van der Waals surface area contributed by atoms with Gasteiger partial charge in [0.2, 0.25) is 5.95 Å². The summed E-state index contributed by atoms with van der Waals surface area (Å²) in [7, 11) is -16.5. The van der Waals surface area contributed by atoms with Crippen LogP contribution >= 0.6 is 23.5 Å². The lowest BCUT2D eigenvalue weighted by molar-refractivity contribution is -0.0259. The zero-order chi connectivity index (χ0) is 23.9. The number of aromatic amines is 1. The molecule has 7 N–H and O–H groups in total. The minimum absolute atomic E-state index is 0.0321. The molecular formula is C12H16N5O12P3. The predicted molar refractivity (Wildman–Crippen MR) is 103 cm³/mol. The van der Waals surface area contributed by atoms with Crippen LogP contribution in [0.1, 0.15) is 12.6 Å². The fourth-order valence-electron chi connectivity index (χ4n) is 2.87. The van der Waals surface area contributed by atoms with Crippen LogP contribution in [0, 0.1) is 18.3 Å². The van der Waals surface area contributed by atoms with Crippen LogP contribution in [0.2, 0.25) is 0 Å². The van der Waals surface area contributed by atoms with Crippen molar-refractivity contribution in [3.63, 3.8) is 0 Å². The second-order valence-corrected chi connectivity index (χ2v) is 10.7. The van der Waals surface area contributed by atoms with Crippen molar-refractivity contribution in [1.29, 1.82) is 0 Å². The Hall–Kier alpha value is -1.92. The molecule has 17 nitrogen and oxygen atoms in total. The normalized spacial score (nSPS) is 25.3. The molecule has 0 amide bonds. The number of nitrogen functional groups attached to an aromatic ring is 1. The number of nitrogens with two attached hydrogens (primary N) is 1. The summed E-state index contributed by atoms with van der Waals surface area (Å²) in [5, 5.41) is 0. The molecule has 5 atom stereocenters. The smallest absolute Gasteiger partial charge is 0.369 e. The standard InChI is InChI=1S/C12H16N5O12P3/c1-2-6-3-7(4-26-31(22,23)29-32(24,25)28-30(19,20)21)27-11(6)17-5-14-8-9(17)15-12(13)16-10(8)18/h1,5-7,11H,3-4H2,(H,22,23)(H,24,25)(H2,19,20,21)(H3,13,15,16,18). The topological polar surface area (TPSA) is 259 Å². The van der Waals surface area contributed by atoms with Gasteiger partial charge in [-0.2, -0.15) is 13.6 Å². The molecule has 5 unspecified atom stereocenters. The van der Waals surface area contributed by atoms with Gasteiger partial charge >= 0.3 is 23.5 Å². The minimum atomic E-state index is -5.64. The number of terminal acetylenes is 1. The number of imidazole rings is 1. The number of hydrogen-bond donors (Lipinski definition) is 6. The van der Waals surface area contributed by atoms with Crippen LogP contribution in [0.15, 0.2) is 11.1 Å². The van der Waals surface area contributed by atoms with Crippen molar-refractivity contribution in [3.8, 4) is 12.3 Å². The molecule has 0 aromatic carbocycles. The number of anilines is 1. The van der Waals surface area contributed by atoms with Crippen LogP contribution in [0.3, 0.4) is 0 Å². The molecule has 1 saturated heterocycles. The van der Waals surface area contributed by atoms with Crippen LogP contribution in [-0.2, 0) is 31.6 Å². The van der Waals surface area contributed by atoms with Gasteiger partial charge in [0.05, 0.1) is 25.0 Å². The molecule has 3 rings (SSSR count). The van der Waals surface area contributed by atoms with Crippen molar-refractivity contribution in [2.45, 2.75) is 18.8 Å². The first-order chi connectivity index (χ1) is 14.7. The van der Waals surface area contributed by atoms with E-state index in [0.717, 1.165) is 0 Å². The van der Waals surface area contributed by atoms with Crippen LogP contribution in [0.4, 0.5) is 5.95 Å². The van der Waals surface area contributed by atoms with Gasteiger partial charge in [0.15, 0.2) is 17.4 Å². The summed E-state index contributed by atoms with van der Waals surface area (Å²) in [5.41, 5.74) is 5.00. The van der Waals surface area contributed by atoms with E-state index in [1.165, 1.54) is 10.9 Å². The maximum absolute atomic E-state index is 11.9. The number of fused-ring (bicyclic) bond motifs is 1. The summed E-state index contributed by atoms with van der Waals surface area (Å²) in [6.07, 6.45) is 4.97. The van der Waals surface area contributed by atoms with Crippen LogP contribution in [0.25, 0.3) is 11.2 Å². The highest BCUT2D eigenvalue weighted by Gasteiger charge is 2.42. The maximum atomic E-state index is 11.9. The SMILES string of the molecule is C#CC1CC(COP(=O)(O)OP(=O)(O)OP(=O)(O)O)OC1n1cnc2c(=O)[nH]c(N)nc21. The molecule has 0 radical (unpaired) electrons. The van der Waals surface area contributed by atoms with Crippen molar-refractivity contribution >= 4 is 40.6 Å². The minimum Gasteiger partial charge on any atom is -0.369 e. The second-order valence-electron chi connectivity index (χ2n) is 6.32. The quantitative estimate of drug-likeness (QED) is 0.193. The van der Waals surface area contributed by atoms with Crippen molar-refractivity contribution in [2.75, 3.05) is 12.3 Å². The number of nitrogens with one attached hydrogen (secondary N) is 1. The Labute approximate surface area is 178 Å². The number of rotatable bonds is 8. The van der Waals surface area contributed by atoms with E-state index in [1.54, 1.807) is 0 Å². The monoisotopic (exact) mass is 515 g/mol. The molecule has 2 aromatic heterocycles. The highest BCUT2D eigenvalue weighted by atomic mass is 31.3. The fraction of sp³-hybridized carbons (Fsp3) is 0.417. The third-order valence-electron chi connectivity index (χ3n) is 3.97. The van der Waals surface area contributed by atoms with Gasteiger partial charge in [-0.05, 0) is 6.42 Å².